The van der Waals surface area contributed by atoms with Crippen molar-refractivity contribution in [3.05, 3.63) is 11.9 Å². The fourth-order valence-electron chi connectivity index (χ4n) is 1.15. The third-order valence-electron chi connectivity index (χ3n) is 2.23. The van der Waals surface area contributed by atoms with Gasteiger partial charge in [-0.25, -0.2) is 0 Å². The van der Waals surface area contributed by atoms with Gasteiger partial charge >= 0.3 is 13.6 Å². The number of nitrogens with one attached hydrogen (secondary N) is 1. The topological polar surface area (TPSA) is 107 Å². The number of carboxylic acid groups (broad SMARTS) is 1. The number of hydrogen-bond donors (Lipinski definition) is 4. The molecule has 0 saturated heterocycles. The number of hydrogen-bond acceptors (Lipinski definition) is 3. The van der Waals surface area contributed by atoms with Crippen LogP contribution in [0.5, 0.6) is 0 Å². The maximum absolute atomic E-state index is 10.9. The van der Waals surface area contributed by atoms with Gasteiger partial charge < -0.3 is 20.2 Å². The quantitative estimate of drug-likeness (QED) is 0.498. The molecule has 0 amide bonds. The maximum Gasteiger partial charge on any atom is 0.348 e. The molecule has 2 atom stereocenters. The molecule has 0 rings (SSSR count). The number of rotatable bonds is 7. The first-order valence-corrected chi connectivity index (χ1v) is 6.65. The van der Waals surface area contributed by atoms with Crippen LogP contribution in [-0.4, -0.2) is 33.4 Å². The second-order valence-corrected chi connectivity index (χ2v) is 5.06. The highest BCUT2D eigenvalue weighted by Gasteiger charge is 2.21. The van der Waals surface area contributed by atoms with Crippen LogP contribution in [0.4, 0.5) is 0 Å². The number of carbonyl (C=O) groups is 1. The Morgan fingerprint density at radius 1 is 1.50 bits per heavy atom. The molecule has 0 aromatic heterocycles. The summed E-state index contributed by atoms with van der Waals surface area (Å²) in [6.45, 7) is 3.80. The van der Waals surface area contributed by atoms with Gasteiger partial charge in [-0.2, -0.15) is 0 Å². The summed E-state index contributed by atoms with van der Waals surface area (Å²) in [6.07, 6.45) is 1.95. The van der Waals surface area contributed by atoms with Gasteiger partial charge in [0.15, 0.2) is 0 Å². The van der Waals surface area contributed by atoms with Gasteiger partial charge in [-0.3, -0.25) is 9.36 Å². The summed E-state index contributed by atoms with van der Waals surface area (Å²) >= 11 is 0. The lowest BCUT2D eigenvalue weighted by molar-refractivity contribution is -0.140. The summed E-state index contributed by atoms with van der Waals surface area (Å²) in [4.78, 5) is 27.9. The minimum Gasteiger partial charge on any atom is -0.480 e. The highest BCUT2D eigenvalue weighted by molar-refractivity contribution is 7.55. The van der Waals surface area contributed by atoms with Crippen LogP contribution in [0.2, 0.25) is 0 Å². The van der Waals surface area contributed by atoms with Gasteiger partial charge in [0.1, 0.15) is 6.04 Å². The normalized spacial score (nSPS) is 16.2. The Balaban J connectivity index is 4.19. The Morgan fingerprint density at radius 3 is 2.44 bits per heavy atom. The highest BCUT2D eigenvalue weighted by Crippen LogP contribution is 2.35. The van der Waals surface area contributed by atoms with Crippen LogP contribution in [0, 0.1) is 5.92 Å². The summed E-state index contributed by atoms with van der Waals surface area (Å²) in [5.41, 5.74) is 0. The lowest BCUT2D eigenvalue weighted by Crippen LogP contribution is -2.41. The van der Waals surface area contributed by atoms with Crippen molar-refractivity contribution in [3.8, 4) is 0 Å². The van der Waals surface area contributed by atoms with E-state index in [0.29, 0.717) is 6.42 Å². The van der Waals surface area contributed by atoms with E-state index in [-0.39, 0.29) is 12.5 Å². The molecule has 94 valence electrons. The molecule has 6 nitrogen and oxygen atoms in total. The molecule has 0 radical (unpaired) electrons. The van der Waals surface area contributed by atoms with Crippen LogP contribution in [-0.2, 0) is 9.36 Å². The fraction of sp³-hybridized carbons (Fsp3) is 0.667. The van der Waals surface area contributed by atoms with Crippen LogP contribution in [0.25, 0.3) is 0 Å². The monoisotopic (exact) mass is 251 g/mol. The average molecular weight is 251 g/mol. The van der Waals surface area contributed by atoms with Crippen molar-refractivity contribution >= 4 is 13.6 Å². The number of carboxylic acids is 1. The molecule has 0 aliphatic rings. The summed E-state index contributed by atoms with van der Waals surface area (Å²) in [5.74, 6) is -0.241. The SMILES string of the molecule is CC[C@H](C)[C@H](NCC=CP(=O)(O)O)C(=O)O. The van der Waals surface area contributed by atoms with Crippen molar-refractivity contribution in [1.29, 1.82) is 0 Å². The van der Waals surface area contributed by atoms with Crippen molar-refractivity contribution in [1.82, 2.24) is 5.32 Å². The van der Waals surface area contributed by atoms with E-state index in [1.165, 1.54) is 6.08 Å². The molecule has 0 aliphatic heterocycles. The minimum atomic E-state index is -4.15. The molecule has 0 unspecified atom stereocenters. The predicted octanol–water partition coefficient (Wildman–Crippen LogP) is 0.767. The van der Waals surface area contributed by atoms with E-state index in [2.05, 4.69) is 5.32 Å². The molecule has 16 heavy (non-hydrogen) atoms. The first-order chi connectivity index (χ1) is 7.28. The Morgan fingerprint density at radius 2 is 2.06 bits per heavy atom. The van der Waals surface area contributed by atoms with Gasteiger partial charge in [0.05, 0.1) is 0 Å². The summed E-state index contributed by atoms with van der Waals surface area (Å²) < 4.78 is 10.5. The van der Waals surface area contributed by atoms with E-state index in [1.807, 2.05) is 6.92 Å². The Labute approximate surface area is 94.5 Å². The van der Waals surface area contributed by atoms with E-state index in [0.717, 1.165) is 5.82 Å². The van der Waals surface area contributed by atoms with E-state index >= 15 is 0 Å². The third kappa shape index (κ3) is 6.74. The zero-order valence-electron chi connectivity index (χ0n) is 9.33. The third-order valence-corrected chi connectivity index (χ3v) is 2.83. The molecular formula is C9H18NO5P. The van der Waals surface area contributed by atoms with Crippen molar-refractivity contribution < 1.29 is 24.3 Å². The summed E-state index contributed by atoms with van der Waals surface area (Å²) in [6, 6.07) is -0.702. The van der Waals surface area contributed by atoms with E-state index in [9.17, 15) is 9.36 Å². The minimum absolute atomic E-state index is 0.0408. The van der Waals surface area contributed by atoms with E-state index in [1.54, 1.807) is 6.92 Å². The van der Waals surface area contributed by atoms with E-state index in [4.69, 9.17) is 14.9 Å². The van der Waals surface area contributed by atoms with Crippen LogP contribution < -0.4 is 5.32 Å². The largest absolute Gasteiger partial charge is 0.480 e. The molecule has 0 aromatic carbocycles. The molecule has 0 spiro atoms. The van der Waals surface area contributed by atoms with Crippen molar-refractivity contribution in [3.63, 3.8) is 0 Å². The average Bonchev–Trinajstić information content (AvgIpc) is 2.14. The molecule has 0 aromatic rings. The van der Waals surface area contributed by atoms with Gasteiger partial charge in [-0.05, 0) is 5.92 Å². The fourth-order valence-corrected chi connectivity index (χ4v) is 1.53. The molecular weight excluding hydrogens is 233 g/mol. The first-order valence-electron chi connectivity index (χ1n) is 4.97. The highest BCUT2D eigenvalue weighted by atomic mass is 31.2. The predicted molar refractivity (Wildman–Crippen MR) is 60.1 cm³/mol. The second kappa shape index (κ2) is 6.81. The van der Waals surface area contributed by atoms with Crippen LogP contribution in [0.3, 0.4) is 0 Å². The van der Waals surface area contributed by atoms with Gasteiger partial charge in [0.25, 0.3) is 0 Å². The summed E-state index contributed by atoms with van der Waals surface area (Å²) in [5, 5.41) is 11.6. The lowest BCUT2D eigenvalue weighted by Gasteiger charge is -2.19. The Bertz CT molecular complexity index is 298. The van der Waals surface area contributed by atoms with Gasteiger partial charge in [-0.1, -0.05) is 26.3 Å². The molecule has 0 saturated carbocycles. The van der Waals surface area contributed by atoms with Crippen molar-refractivity contribution in [2.24, 2.45) is 5.92 Å². The van der Waals surface area contributed by atoms with Gasteiger partial charge in [-0.15, -0.1) is 0 Å². The smallest absolute Gasteiger partial charge is 0.348 e. The molecule has 0 aliphatic carbocycles. The van der Waals surface area contributed by atoms with Crippen LogP contribution >= 0.6 is 7.60 Å². The van der Waals surface area contributed by atoms with Crippen molar-refractivity contribution in [2.75, 3.05) is 6.54 Å². The van der Waals surface area contributed by atoms with Gasteiger partial charge in [0, 0.05) is 12.4 Å². The standard InChI is InChI=1S/C9H18NO5P/c1-3-7(2)8(9(11)12)10-5-4-6-16(13,14)15/h4,6-8,10H,3,5H2,1-2H3,(H,11,12)(H2,13,14,15)/t7-,8-/m0/s1. The zero-order valence-corrected chi connectivity index (χ0v) is 10.2. The van der Waals surface area contributed by atoms with Crippen LogP contribution in [0.1, 0.15) is 20.3 Å². The number of aliphatic carboxylic acids is 1. The zero-order chi connectivity index (χ0) is 12.8. The maximum atomic E-state index is 10.9. The molecule has 0 heterocycles. The molecule has 7 heteroatoms. The first kappa shape index (κ1) is 15.3. The summed E-state index contributed by atoms with van der Waals surface area (Å²) in [7, 11) is -4.15. The van der Waals surface area contributed by atoms with E-state index < -0.39 is 19.6 Å². The Kier molecular flexibility index (Phi) is 6.52. The van der Waals surface area contributed by atoms with Gasteiger partial charge in [0.2, 0.25) is 0 Å². The molecule has 0 bridgehead atoms. The molecule has 4 N–H and O–H groups in total. The van der Waals surface area contributed by atoms with Crippen molar-refractivity contribution in [2.45, 2.75) is 26.3 Å². The molecule has 0 fully saturated rings. The second-order valence-electron chi connectivity index (χ2n) is 3.58. The Hall–Kier alpha value is -0.680. The lowest BCUT2D eigenvalue weighted by atomic mass is 9.99. The van der Waals surface area contributed by atoms with Crippen LogP contribution in [0.15, 0.2) is 11.9 Å².